The first-order valence-electron chi connectivity index (χ1n) is 5.27. The van der Waals surface area contributed by atoms with E-state index in [1.807, 2.05) is 0 Å². The first-order chi connectivity index (χ1) is 7.95. The highest BCUT2D eigenvalue weighted by Gasteiger charge is 2.17. The molecule has 0 aliphatic heterocycles. The van der Waals surface area contributed by atoms with Crippen LogP contribution < -0.4 is 5.32 Å². The third-order valence-electron chi connectivity index (χ3n) is 2.46. The van der Waals surface area contributed by atoms with E-state index in [4.69, 9.17) is 11.6 Å². The molecular weight excluding hydrogens is 248 g/mol. The molecule has 0 fully saturated rings. The summed E-state index contributed by atoms with van der Waals surface area (Å²) in [5.74, 6) is -1.54. The SMILES string of the molecule is CC(CCl)C(=O)NC(C)c1cc(F)ccc1F. The Bertz CT molecular complexity index is 411. The van der Waals surface area contributed by atoms with Crippen molar-refractivity contribution in [3.8, 4) is 0 Å². The minimum absolute atomic E-state index is 0.125. The van der Waals surface area contributed by atoms with Crippen LogP contribution in [-0.4, -0.2) is 11.8 Å². The van der Waals surface area contributed by atoms with Gasteiger partial charge in [0.2, 0.25) is 5.91 Å². The molecule has 0 aromatic heterocycles. The van der Waals surface area contributed by atoms with Crippen molar-refractivity contribution in [2.45, 2.75) is 19.9 Å². The van der Waals surface area contributed by atoms with E-state index in [-0.39, 0.29) is 23.3 Å². The number of carbonyl (C=O) groups is 1. The van der Waals surface area contributed by atoms with Gasteiger partial charge in [-0.1, -0.05) is 6.92 Å². The van der Waals surface area contributed by atoms with Gasteiger partial charge in [-0.25, -0.2) is 8.78 Å². The molecule has 1 rings (SSSR count). The number of amides is 1. The van der Waals surface area contributed by atoms with Crippen molar-refractivity contribution < 1.29 is 13.6 Å². The van der Waals surface area contributed by atoms with E-state index < -0.39 is 17.7 Å². The monoisotopic (exact) mass is 261 g/mol. The van der Waals surface area contributed by atoms with Gasteiger partial charge < -0.3 is 5.32 Å². The Balaban J connectivity index is 2.79. The highest BCUT2D eigenvalue weighted by atomic mass is 35.5. The van der Waals surface area contributed by atoms with E-state index in [1.165, 1.54) is 0 Å². The molecule has 0 aliphatic carbocycles. The van der Waals surface area contributed by atoms with Gasteiger partial charge in [-0.15, -0.1) is 11.6 Å². The van der Waals surface area contributed by atoms with Crippen LogP contribution in [0.2, 0.25) is 0 Å². The molecular formula is C12H14ClF2NO. The van der Waals surface area contributed by atoms with Gasteiger partial charge in [-0.2, -0.15) is 0 Å². The lowest BCUT2D eigenvalue weighted by molar-refractivity contribution is -0.124. The van der Waals surface area contributed by atoms with E-state index in [2.05, 4.69) is 5.32 Å². The molecule has 1 aromatic carbocycles. The van der Waals surface area contributed by atoms with E-state index >= 15 is 0 Å². The zero-order valence-corrected chi connectivity index (χ0v) is 10.4. The fraction of sp³-hybridized carbons (Fsp3) is 0.417. The lowest BCUT2D eigenvalue weighted by Gasteiger charge is -2.17. The Morgan fingerprint density at radius 1 is 1.41 bits per heavy atom. The van der Waals surface area contributed by atoms with Gasteiger partial charge >= 0.3 is 0 Å². The van der Waals surface area contributed by atoms with Gasteiger partial charge in [0, 0.05) is 17.4 Å². The van der Waals surface area contributed by atoms with Crippen molar-refractivity contribution >= 4 is 17.5 Å². The summed E-state index contributed by atoms with van der Waals surface area (Å²) >= 11 is 5.54. The number of hydrogen-bond acceptors (Lipinski definition) is 1. The zero-order valence-electron chi connectivity index (χ0n) is 9.64. The molecule has 2 unspecified atom stereocenters. The van der Waals surface area contributed by atoms with Crippen LogP contribution >= 0.6 is 11.6 Å². The van der Waals surface area contributed by atoms with Crippen molar-refractivity contribution in [2.75, 3.05) is 5.88 Å². The normalized spacial score (nSPS) is 14.2. The third-order valence-corrected chi connectivity index (χ3v) is 2.93. The van der Waals surface area contributed by atoms with Crippen molar-refractivity contribution in [1.82, 2.24) is 5.32 Å². The van der Waals surface area contributed by atoms with Crippen LogP contribution in [0.3, 0.4) is 0 Å². The molecule has 94 valence electrons. The number of halogens is 3. The molecule has 1 N–H and O–H groups in total. The predicted molar refractivity (Wildman–Crippen MR) is 62.8 cm³/mol. The van der Waals surface area contributed by atoms with Crippen molar-refractivity contribution in [2.24, 2.45) is 5.92 Å². The number of nitrogens with one attached hydrogen (secondary N) is 1. The molecule has 5 heteroatoms. The van der Waals surface area contributed by atoms with Crippen LogP contribution in [-0.2, 0) is 4.79 Å². The van der Waals surface area contributed by atoms with Gasteiger partial charge in [0.15, 0.2) is 0 Å². The van der Waals surface area contributed by atoms with Crippen LogP contribution in [0, 0.1) is 17.6 Å². The van der Waals surface area contributed by atoms with Crippen molar-refractivity contribution in [3.63, 3.8) is 0 Å². The first-order valence-corrected chi connectivity index (χ1v) is 5.80. The number of benzene rings is 1. The molecule has 0 saturated carbocycles. The molecule has 17 heavy (non-hydrogen) atoms. The predicted octanol–water partition coefficient (Wildman–Crippen LogP) is 3.02. The maximum absolute atomic E-state index is 13.4. The third kappa shape index (κ3) is 3.66. The maximum Gasteiger partial charge on any atom is 0.224 e. The summed E-state index contributed by atoms with van der Waals surface area (Å²) in [5.41, 5.74) is 0.125. The molecule has 0 heterocycles. The maximum atomic E-state index is 13.4. The Kier molecular flexibility index (Phi) is 4.87. The molecule has 0 radical (unpaired) electrons. The van der Waals surface area contributed by atoms with Crippen LogP contribution in [0.1, 0.15) is 25.5 Å². The second-order valence-electron chi connectivity index (χ2n) is 3.95. The van der Waals surface area contributed by atoms with E-state index in [0.29, 0.717) is 0 Å². The minimum Gasteiger partial charge on any atom is -0.349 e. The highest BCUT2D eigenvalue weighted by Crippen LogP contribution is 2.18. The summed E-state index contributed by atoms with van der Waals surface area (Å²) < 4.78 is 26.4. The van der Waals surface area contributed by atoms with Crippen molar-refractivity contribution in [3.05, 3.63) is 35.4 Å². The summed E-state index contributed by atoms with van der Waals surface area (Å²) in [6, 6.07) is 2.56. The standard InChI is InChI=1S/C12H14ClF2NO/c1-7(6-13)12(17)16-8(2)10-5-9(14)3-4-11(10)15/h3-5,7-8H,6H2,1-2H3,(H,16,17). The lowest BCUT2D eigenvalue weighted by atomic mass is 10.1. The lowest BCUT2D eigenvalue weighted by Crippen LogP contribution is -2.32. The molecule has 0 saturated heterocycles. The van der Waals surface area contributed by atoms with Crippen LogP contribution in [0.15, 0.2) is 18.2 Å². The number of hydrogen-bond donors (Lipinski definition) is 1. The number of rotatable bonds is 4. The van der Waals surface area contributed by atoms with Gasteiger partial charge in [0.1, 0.15) is 11.6 Å². The summed E-state index contributed by atoms with van der Waals surface area (Å²) in [4.78, 5) is 11.5. The number of carbonyl (C=O) groups excluding carboxylic acids is 1. The molecule has 0 bridgehead atoms. The first kappa shape index (κ1) is 13.9. The fourth-order valence-electron chi connectivity index (χ4n) is 1.35. The summed E-state index contributed by atoms with van der Waals surface area (Å²) in [7, 11) is 0. The summed E-state index contributed by atoms with van der Waals surface area (Å²) in [6.45, 7) is 3.26. The van der Waals surface area contributed by atoms with Crippen LogP contribution in [0.25, 0.3) is 0 Å². The largest absolute Gasteiger partial charge is 0.349 e. The van der Waals surface area contributed by atoms with Gasteiger partial charge in [0.05, 0.1) is 6.04 Å². The Labute approximate surface area is 104 Å². The molecule has 2 nitrogen and oxygen atoms in total. The van der Waals surface area contributed by atoms with E-state index in [9.17, 15) is 13.6 Å². The molecule has 0 spiro atoms. The smallest absolute Gasteiger partial charge is 0.224 e. The topological polar surface area (TPSA) is 29.1 Å². The molecule has 1 amide bonds. The quantitative estimate of drug-likeness (QED) is 0.830. The second kappa shape index (κ2) is 5.96. The molecule has 2 atom stereocenters. The summed E-state index contributed by atoms with van der Waals surface area (Å²) in [6.07, 6.45) is 0. The summed E-state index contributed by atoms with van der Waals surface area (Å²) in [5, 5.41) is 2.58. The Morgan fingerprint density at radius 3 is 2.65 bits per heavy atom. The van der Waals surface area contributed by atoms with Gasteiger partial charge in [-0.05, 0) is 25.1 Å². The van der Waals surface area contributed by atoms with Crippen LogP contribution in [0.4, 0.5) is 8.78 Å². The minimum atomic E-state index is -0.594. The van der Waals surface area contributed by atoms with Gasteiger partial charge in [-0.3, -0.25) is 4.79 Å². The molecule has 1 aromatic rings. The molecule has 0 aliphatic rings. The average Bonchev–Trinajstić information content (AvgIpc) is 2.30. The fourth-order valence-corrected chi connectivity index (χ4v) is 1.49. The average molecular weight is 262 g/mol. The van der Waals surface area contributed by atoms with Crippen LogP contribution in [0.5, 0.6) is 0 Å². The van der Waals surface area contributed by atoms with Gasteiger partial charge in [0.25, 0.3) is 0 Å². The van der Waals surface area contributed by atoms with Crippen molar-refractivity contribution in [1.29, 1.82) is 0 Å². The Hall–Kier alpha value is -1.16. The zero-order chi connectivity index (χ0) is 13.0. The van der Waals surface area contributed by atoms with E-state index in [1.54, 1.807) is 13.8 Å². The highest BCUT2D eigenvalue weighted by molar-refractivity contribution is 6.19. The Morgan fingerprint density at radius 2 is 2.06 bits per heavy atom. The van der Waals surface area contributed by atoms with E-state index in [0.717, 1.165) is 18.2 Å². The second-order valence-corrected chi connectivity index (χ2v) is 4.26. The number of alkyl halides is 1.